The summed E-state index contributed by atoms with van der Waals surface area (Å²) < 4.78 is 6.07. The number of rotatable bonds is 4. The van der Waals surface area contributed by atoms with Crippen LogP contribution in [0.15, 0.2) is 0 Å². The van der Waals surface area contributed by atoms with Gasteiger partial charge in [0.2, 0.25) is 6.41 Å². The summed E-state index contributed by atoms with van der Waals surface area (Å²) in [5.41, 5.74) is 0. The quantitative estimate of drug-likeness (QED) is 0.552. The molecule has 92 valence electrons. The Kier molecular flexibility index (Phi) is 4.56. The average molecular weight is 227 g/mol. The van der Waals surface area contributed by atoms with Gasteiger partial charge in [-0.1, -0.05) is 0 Å². The van der Waals surface area contributed by atoms with Crippen LogP contribution in [0.4, 0.5) is 0 Å². The number of hydrogen-bond donors (Lipinski definition) is 3. The van der Waals surface area contributed by atoms with Gasteiger partial charge in [0, 0.05) is 13.1 Å². The standard InChI is InChI=1S/C11H21N3O2/c15-8-14-10-7-13-5-3-11(10)16-9-2-1-4-12-6-9/h8-13H,1-7H2,(H,14,15)/t9-,10?,11?/m0/s1. The molecule has 2 fully saturated rings. The van der Waals surface area contributed by atoms with Crippen LogP contribution in [0.3, 0.4) is 0 Å². The largest absolute Gasteiger partial charge is 0.371 e. The second kappa shape index (κ2) is 6.18. The Morgan fingerprint density at radius 3 is 2.81 bits per heavy atom. The topological polar surface area (TPSA) is 62.4 Å². The van der Waals surface area contributed by atoms with Gasteiger partial charge in [-0.15, -0.1) is 0 Å². The molecule has 5 nitrogen and oxygen atoms in total. The summed E-state index contributed by atoms with van der Waals surface area (Å²) in [5, 5.41) is 9.45. The number of carbonyl (C=O) groups excluding carboxylic acids is 1. The van der Waals surface area contributed by atoms with Crippen LogP contribution in [0.25, 0.3) is 0 Å². The minimum Gasteiger partial charge on any atom is -0.371 e. The number of piperidine rings is 2. The summed E-state index contributed by atoms with van der Waals surface area (Å²) in [6.45, 7) is 3.82. The molecule has 16 heavy (non-hydrogen) atoms. The number of carbonyl (C=O) groups is 1. The Labute approximate surface area is 96.3 Å². The highest BCUT2D eigenvalue weighted by molar-refractivity contribution is 5.47. The monoisotopic (exact) mass is 227 g/mol. The van der Waals surface area contributed by atoms with E-state index >= 15 is 0 Å². The molecule has 0 aromatic rings. The van der Waals surface area contributed by atoms with Crippen LogP contribution >= 0.6 is 0 Å². The van der Waals surface area contributed by atoms with E-state index < -0.39 is 0 Å². The van der Waals surface area contributed by atoms with E-state index in [-0.39, 0.29) is 12.1 Å². The third-order valence-corrected chi connectivity index (χ3v) is 3.32. The molecule has 0 spiro atoms. The molecule has 2 saturated heterocycles. The summed E-state index contributed by atoms with van der Waals surface area (Å²) in [6, 6.07) is 0.119. The van der Waals surface area contributed by atoms with Crippen molar-refractivity contribution < 1.29 is 9.53 Å². The highest BCUT2D eigenvalue weighted by Crippen LogP contribution is 2.15. The van der Waals surface area contributed by atoms with Crippen molar-refractivity contribution in [2.75, 3.05) is 26.2 Å². The SMILES string of the molecule is O=CNC1CNCCC1O[C@H]1CCCNC1. The molecule has 3 N–H and O–H groups in total. The summed E-state index contributed by atoms with van der Waals surface area (Å²) in [6.07, 6.45) is 4.53. The van der Waals surface area contributed by atoms with Gasteiger partial charge in [-0.25, -0.2) is 0 Å². The maximum absolute atomic E-state index is 10.5. The van der Waals surface area contributed by atoms with Crippen molar-refractivity contribution >= 4 is 6.41 Å². The van der Waals surface area contributed by atoms with Crippen molar-refractivity contribution in [3.8, 4) is 0 Å². The number of nitrogens with one attached hydrogen (secondary N) is 3. The lowest BCUT2D eigenvalue weighted by molar-refractivity contribution is -0.112. The van der Waals surface area contributed by atoms with Gasteiger partial charge in [0.1, 0.15) is 0 Å². The minimum absolute atomic E-state index is 0.119. The van der Waals surface area contributed by atoms with Crippen LogP contribution in [0.1, 0.15) is 19.3 Å². The molecule has 0 aromatic carbocycles. The van der Waals surface area contributed by atoms with Crippen LogP contribution in [0.5, 0.6) is 0 Å². The molecule has 1 amide bonds. The highest BCUT2D eigenvalue weighted by atomic mass is 16.5. The fourth-order valence-electron chi connectivity index (χ4n) is 2.43. The first-order valence-electron chi connectivity index (χ1n) is 6.16. The van der Waals surface area contributed by atoms with Crippen molar-refractivity contribution in [1.29, 1.82) is 0 Å². The molecule has 2 heterocycles. The smallest absolute Gasteiger partial charge is 0.207 e. The highest BCUT2D eigenvalue weighted by Gasteiger charge is 2.28. The van der Waals surface area contributed by atoms with Gasteiger partial charge in [-0.2, -0.15) is 0 Å². The second-order valence-electron chi connectivity index (χ2n) is 4.53. The van der Waals surface area contributed by atoms with Gasteiger partial charge >= 0.3 is 0 Å². The van der Waals surface area contributed by atoms with Crippen molar-refractivity contribution in [1.82, 2.24) is 16.0 Å². The predicted octanol–water partition coefficient (Wildman–Crippen LogP) is -0.768. The van der Waals surface area contributed by atoms with Crippen LogP contribution in [-0.2, 0) is 9.53 Å². The molecule has 2 unspecified atom stereocenters. The minimum atomic E-state index is 0.119. The lowest BCUT2D eigenvalue weighted by Gasteiger charge is -2.35. The Hall–Kier alpha value is -0.650. The van der Waals surface area contributed by atoms with E-state index in [1.807, 2.05) is 0 Å². The van der Waals surface area contributed by atoms with E-state index in [9.17, 15) is 4.79 Å². The molecular weight excluding hydrogens is 206 g/mol. The van der Waals surface area contributed by atoms with Gasteiger partial charge in [0.05, 0.1) is 18.2 Å². The molecule has 5 heteroatoms. The van der Waals surface area contributed by atoms with Crippen molar-refractivity contribution in [2.24, 2.45) is 0 Å². The van der Waals surface area contributed by atoms with Crippen LogP contribution in [0, 0.1) is 0 Å². The van der Waals surface area contributed by atoms with Gasteiger partial charge in [-0.05, 0) is 32.4 Å². The van der Waals surface area contributed by atoms with E-state index in [2.05, 4.69) is 16.0 Å². The predicted molar refractivity (Wildman–Crippen MR) is 61.2 cm³/mol. The summed E-state index contributed by atoms with van der Waals surface area (Å²) in [7, 11) is 0. The zero-order chi connectivity index (χ0) is 11.2. The molecule has 2 aliphatic heterocycles. The normalized spacial score (nSPS) is 35.6. The number of amides is 1. The lowest BCUT2D eigenvalue weighted by Crippen LogP contribution is -2.54. The Morgan fingerprint density at radius 1 is 1.19 bits per heavy atom. The maximum Gasteiger partial charge on any atom is 0.207 e. The molecule has 0 radical (unpaired) electrons. The molecule has 3 atom stereocenters. The fraction of sp³-hybridized carbons (Fsp3) is 0.909. The Morgan fingerprint density at radius 2 is 2.06 bits per heavy atom. The van der Waals surface area contributed by atoms with Crippen molar-refractivity contribution in [3.63, 3.8) is 0 Å². The third-order valence-electron chi connectivity index (χ3n) is 3.32. The second-order valence-corrected chi connectivity index (χ2v) is 4.53. The zero-order valence-corrected chi connectivity index (χ0v) is 9.58. The zero-order valence-electron chi connectivity index (χ0n) is 9.58. The van der Waals surface area contributed by atoms with Gasteiger partial charge in [0.15, 0.2) is 0 Å². The maximum atomic E-state index is 10.5. The van der Waals surface area contributed by atoms with E-state index in [4.69, 9.17) is 4.74 Å². The van der Waals surface area contributed by atoms with Crippen molar-refractivity contribution in [2.45, 2.75) is 37.5 Å². The van der Waals surface area contributed by atoms with Crippen LogP contribution in [-0.4, -0.2) is 50.8 Å². The molecular formula is C11H21N3O2. The molecule has 0 aliphatic carbocycles. The van der Waals surface area contributed by atoms with Gasteiger partial charge in [-0.3, -0.25) is 4.79 Å². The van der Waals surface area contributed by atoms with E-state index in [1.165, 1.54) is 6.42 Å². The third kappa shape index (κ3) is 3.17. The van der Waals surface area contributed by atoms with Crippen molar-refractivity contribution in [3.05, 3.63) is 0 Å². The molecule has 0 bridgehead atoms. The molecule has 2 rings (SSSR count). The Bertz CT molecular complexity index is 219. The average Bonchev–Trinajstić information content (AvgIpc) is 2.33. The van der Waals surface area contributed by atoms with Gasteiger partial charge in [0.25, 0.3) is 0 Å². The van der Waals surface area contributed by atoms with E-state index in [0.29, 0.717) is 6.10 Å². The first kappa shape index (κ1) is 11.8. The van der Waals surface area contributed by atoms with Gasteiger partial charge < -0.3 is 20.7 Å². The number of hydrogen-bond acceptors (Lipinski definition) is 4. The summed E-state index contributed by atoms with van der Waals surface area (Å²) in [5.74, 6) is 0. The van der Waals surface area contributed by atoms with Crippen LogP contribution in [0.2, 0.25) is 0 Å². The fourth-order valence-corrected chi connectivity index (χ4v) is 2.43. The Balaban J connectivity index is 1.82. The first-order valence-corrected chi connectivity index (χ1v) is 6.16. The van der Waals surface area contributed by atoms with Crippen LogP contribution < -0.4 is 16.0 Å². The van der Waals surface area contributed by atoms with E-state index in [1.54, 1.807) is 0 Å². The molecule has 0 aromatic heterocycles. The molecule has 2 aliphatic rings. The lowest BCUT2D eigenvalue weighted by atomic mass is 10.0. The summed E-state index contributed by atoms with van der Waals surface area (Å²) in [4.78, 5) is 10.5. The summed E-state index contributed by atoms with van der Waals surface area (Å²) >= 11 is 0. The first-order chi connectivity index (χ1) is 7.90. The number of ether oxygens (including phenoxy) is 1. The van der Waals surface area contributed by atoms with E-state index in [0.717, 1.165) is 45.4 Å². The molecule has 0 saturated carbocycles.